The molecule has 2 heterocycles. The van der Waals surface area contributed by atoms with Crippen LogP contribution in [0, 0.1) is 11.6 Å². The molecule has 0 radical (unpaired) electrons. The van der Waals surface area contributed by atoms with Crippen molar-refractivity contribution >= 4 is 47.0 Å². The zero-order chi connectivity index (χ0) is 17.5. The summed E-state index contributed by atoms with van der Waals surface area (Å²) in [5.74, 6) is -1.27. The SMILES string of the molecule is O=P(O)(O)CCCNc1nc(Cl)nc2c1[nH]c1cc(F)cc(F)c12. The van der Waals surface area contributed by atoms with Crippen molar-refractivity contribution in [2.45, 2.75) is 6.42 Å². The van der Waals surface area contributed by atoms with Gasteiger partial charge in [-0.1, -0.05) is 0 Å². The lowest BCUT2D eigenvalue weighted by atomic mass is 10.2. The van der Waals surface area contributed by atoms with Crippen LogP contribution in [-0.4, -0.2) is 37.4 Å². The quantitative estimate of drug-likeness (QED) is 0.309. The average Bonchev–Trinajstić information content (AvgIpc) is 2.80. The zero-order valence-electron chi connectivity index (χ0n) is 12.1. The number of H-pyrrole nitrogens is 1. The highest BCUT2D eigenvalue weighted by atomic mass is 35.5. The maximum absolute atomic E-state index is 14.0. The van der Waals surface area contributed by atoms with Gasteiger partial charge in [0.2, 0.25) is 5.28 Å². The Morgan fingerprint density at radius 3 is 2.75 bits per heavy atom. The second-order valence-electron chi connectivity index (χ2n) is 5.17. The lowest BCUT2D eigenvalue weighted by Gasteiger charge is -2.07. The van der Waals surface area contributed by atoms with Crippen molar-refractivity contribution in [3.05, 3.63) is 29.1 Å². The number of benzene rings is 1. The molecule has 0 aliphatic carbocycles. The van der Waals surface area contributed by atoms with Crippen LogP contribution in [-0.2, 0) is 4.57 Å². The van der Waals surface area contributed by atoms with Crippen LogP contribution >= 0.6 is 19.2 Å². The number of halogens is 3. The standard InChI is InChI=1S/C13H12ClF2N4O3P/c14-13-19-10-9-7(16)4-6(15)5-8(9)18-11(10)12(20-13)17-2-1-3-24(21,22)23/h4-5,18H,1-3H2,(H,17,19,20)(H2,21,22,23). The summed E-state index contributed by atoms with van der Waals surface area (Å²) in [7, 11) is -4.08. The third-order valence-corrected chi connectivity index (χ3v) is 4.42. The Morgan fingerprint density at radius 1 is 1.29 bits per heavy atom. The minimum Gasteiger partial charge on any atom is -0.368 e. The molecule has 4 N–H and O–H groups in total. The van der Waals surface area contributed by atoms with Crippen LogP contribution in [0.4, 0.5) is 14.6 Å². The van der Waals surface area contributed by atoms with Gasteiger partial charge in [0.25, 0.3) is 0 Å². The monoisotopic (exact) mass is 376 g/mol. The van der Waals surface area contributed by atoms with Gasteiger partial charge in [-0.3, -0.25) is 4.57 Å². The van der Waals surface area contributed by atoms with Crippen molar-refractivity contribution in [3.63, 3.8) is 0 Å². The van der Waals surface area contributed by atoms with E-state index in [1.165, 1.54) is 0 Å². The summed E-state index contributed by atoms with van der Waals surface area (Å²) < 4.78 is 38.2. The van der Waals surface area contributed by atoms with Crippen LogP contribution in [0.2, 0.25) is 5.28 Å². The van der Waals surface area contributed by atoms with E-state index < -0.39 is 19.2 Å². The van der Waals surface area contributed by atoms with E-state index in [0.29, 0.717) is 5.52 Å². The maximum Gasteiger partial charge on any atom is 0.325 e. The highest BCUT2D eigenvalue weighted by Gasteiger charge is 2.17. The smallest absolute Gasteiger partial charge is 0.325 e. The van der Waals surface area contributed by atoms with E-state index in [0.717, 1.165) is 12.1 Å². The fraction of sp³-hybridized carbons (Fsp3) is 0.231. The zero-order valence-corrected chi connectivity index (χ0v) is 13.7. The first-order valence-electron chi connectivity index (χ1n) is 6.87. The molecule has 0 saturated heterocycles. The summed E-state index contributed by atoms with van der Waals surface area (Å²) in [4.78, 5) is 28.5. The van der Waals surface area contributed by atoms with Crippen LogP contribution < -0.4 is 5.32 Å². The van der Waals surface area contributed by atoms with Gasteiger partial charge in [-0.05, 0) is 24.1 Å². The van der Waals surface area contributed by atoms with Crippen LogP contribution in [0.1, 0.15) is 6.42 Å². The third kappa shape index (κ3) is 3.49. The highest BCUT2D eigenvalue weighted by Crippen LogP contribution is 2.35. The molecule has 0 aliphatic heterocycles. The Morgan fingerprint density at radius 2 is 2.04 bits per heavy atom. The molecule has 3 rings (SSSR count). The number of aromatic nitrogens is 3. The Kier molecular flexibility index (Phi) is 4.44. The predicted octanol–water partition coefficient (Wildman–Crippen LogP) is 3.02. The van der Waals surface area contributed by atoms with E-state index in [2.05, 4.69) is 20.3 Å². The molecule has 7 nitrogen and oxygen atoms in total. The van der Waals surface area contributed by atoms with Crippen molar-refractivity contribution in [2.24, 2.45) is 0 Å². The minimum absolute atomic E-state index is 0.0916. The van der Waals surface area contributed by atoms with E-state index >= 15 is 0 Å². The summed E-state index contributed by atoms with van der Waals surface area (Å²) in [6.45, 7) is 0.208. The van der Waals surface area contributed by atoms with Gasteiger partial charge in [0.15, 0.2) is 5.82 Å². The van der Waals surface area contributed by atoms with Gasteiger partial charge in [-0.25, -0.2) is 13.8 Å². The number of rotatable bonds is 5. The van der Waals surface area contributed by atoms with Crippen LogP contribution in [0.15, 0.2) is 12.1 Å². The maximum atomic E-state index is 14.0. The largest absolute Gasteiger partial charge is 0.368 e. The summed E-state index contributed by atoms with van der Waals surface area (Å²) in [6, 6.07) is 1.88. The minimum atomic E-state index is -4.08. The topological polar surface area (TPSA) is 111 Å². The van der Waals surface area contributed by atoms with Gasteiger partial charge in [0, 0.05) is 12.6 Å². The van der Waals surface area contributed by atoms with E-state index in [4.69, 9.17) is 21.4 Å². The molecule has 11 heteroatoms. The molecular formula is C13H12ClF2N4O3P. The molecule has 24 heavy (non-hydrogen) atoms. The number of hydrogen-bond acceptors (Lipinski definition) is 4. The molecule has 3 aromatic rings. The predicted molar refractivity (Wildman–Crippen MR) is 86.3 cm³/mol. The van der Waals surface area contributed by atoms with E-state index in [-0.39, 0.29) is 46.6 Å². The molecule has 0 spiro atoms. The van der Waals surface area contributed by atoms with Crippen molar-refractivity contribution in [3.8, 4) is 0 Å². The summed E-state index contributed by atoms with van der Waals surface area (Å²) in [5.41, 5.74) is 0.729. The number of nitrogens with one attached hydrogen (secondary N) is 2. The van der Waals surface area contributed by atoms with Crippen molar-refractivity contribution in [1.82, 2.24) is 15.0 Å². The third-order valence-electron chi connectivity index (χ3n) is 3.35. The second-order valence-corrected chi connectivity index (χ2v) is 7.28. The first-order valence-corrected chi connectivity index (χ1v) is 9.04. The first-order chi connectivity index (χ1) is 11.2. The Hall–Kier alpha value is -1.80. The molecule has 2 aromatic heterocycles. The summed E-state index contributed by atoms with van der Waals surface area (Å²) in [6.07, 6.45) is -0.0922. The van der Waals surface area contributed by atoms with Crippen LogP contribution in [0.25, 0.3) is 21.9 Å². The fourth-order valence-electron chi connectivity index (χ4n) is 2.40. The van der Waals surface area contributed by atoms with Crippen molar-refractivity contribution in [2.75, 3.05) is 18.0 Å². The molecule has 0 saturated carbocycles. The molecule has 128 valence electrons. The summed E-state index contributed by atoms with van der Waals surface area (Å²) >= 11 is 5.85. The second kappa shape index (κ2) is 6.25. The Bertz CT molecular complexity index is 975. The van der Waals surface area contributed by atoms with Gasteiger partial charge in [0.1, 0.15) is 22.7 Å². The van der Waals surface area contributed by atoms with Crippen LogP contribution in [0.3, 0.4) is 0 Å². The molecule has 0 atom stereocenters. The first kappa shape index (κ1) is 17.0. The number of anilines is 1. The number of aromatic amines is 1. The average molecular weight is 377 g/mol. The molecular weight excluding hydrogens is 365 g/mol. The van der Waals surface area contributed by atoms with Gasteiger partial charge in [-0.2, -0.15) is 4.98 Å². The highest BCUT2D eigenvalue weighted by molar-refractivity contribution is 7.51. The van der Waals surface area contributed by atoms with Gasteiger partial charge < -0.3 is 20.1 Å². The lowest BCUT2D eigenvalue weighted by Crippen LogP contribution is -2.06. The summed E-state index contributed by atoms with van der Waals surface area (Å²) in [5, 5.41) is 2.83. The molecule has 0 aliphatic rings. The van der Waals surface area contributed by atoms with Crippen molar-refractivity contribution in [1.29, 1.82) is 0 Å². The Balaban J connectivity index is 1.99. The van der Waals surface area contributed by atoms with Crippen molar-refractivity contribution < 1.29 is 23.1 Å². The molecule has 0 amide bonds. The Labute approximate surface area is 139 Å². The molecule has 0 unspecified atom stereocenters. The normalized spacial score (nSPS) is 12.2. The van der Waals surface area contributed by atoms with Gasteiger partial charge in [0.05, 0.1) is 17.1 Å². The van der Waals surface area contributed by atoms with Crippen LogP contribution in [0.5, 0.6) is 0 Å². The molecule has 1 aromatic carbocycles. The number of nitrogens with zero attached hydrogens (tertiary/aromatic N) is 2. The van der Waals surface area contributed by atoms with E-state index in [1.54, 1.807) is 0 Å². The number of hydrogen-bond donors (Lipinski definition) is 4. The van der Waals surface area contributed by atoms with E-state index in [1.807, 2.05) is 0 Å². The molecule has 0 bridgehead atoms. The van der Waals surface area contributed by atoms with E-state index in [9.17, 15) is 13.3 Å². The lowest BCUT2D eigenvalue weighted by molar-refractivity contribution is 0.372. The number of fused-ring (bicyclic) bond motifs is 3. The van der Waals surface area contributed by atoms with Gasteiger partial charge in [-0.15, -0.1) is 0 Å². The molecule has 0 fully saturated rings. The van der Waals surface area contributed by atoms with Gasteiger partial charge >= 0.3 is 7.60 Å². The fourth-order valence-corrected chi connectivity index (χ4v) is 3.14.